The highest BCUT2D eigenvalue weighted by molar-refractivity contribution is 5.41. The molecule has 8 heteroatoms. The zero-order valence-corrected chi connectivity index (χ0v) is 24.7. The van der Waals surface area contributed by atoms with E-state index in [4.69, 9.17) is 23.7 Å². The van der Waals surface area contributed by atoms with E-state index in [-0.39, 0.29) is 23.4 Å². The zero-order valence-electron chi connectivity index (χ0n) is 24.7. The highest BCUT2D eigenvalue weighted by Crippen LogP contribution is 2.56. The van der Waals surface area contributed by atoms with Gasteiger partial charge in [-0.1, -0.05) is 44.9 Å². The van der Waals surface area contributed by atoms with Gasteiger partial charge in [-0.2, -0.15) is 0 Å². The van der Waals surface area contributed by atoms with Crippen molar-refractivity contribution in [1.29, 1.82) is 0 Å². The van der Waals surface area contributed by atoms with Gasteiger partial charge in [0.05, 0.1) is 37.9 Å². The van der Waals surface area contributed by atoms with E-state index in [1.165, 1.54) is 16.7 Å². The molecule has 0 aromatic carbocycles. The van der Waals surface area contributed by atoms with E-state index in [1.54, 1.807) is 7.11 Å². The highest BCUT2D eigenvalue weighted by Gasteiger charge is 2.56. The van der Waals surface area contributed by atoms with Crippen LogP contribution in [0.4, 0.5) is 0 Å². The second-order valence-electron chi connectivity index (χ2n) is 13.0. The van der Waals surface area contributed by atoms with Crippen LogP contribution in [0.5, 0.6) is 0 Å². The van der Waals surface area contributed by atoms with Crippen LogP contribution < -0.4 is 5.32 Å². The first kappa shape index (κ1) is 29.6. The van der Waals surface area contributed by atoms with E-state index in [0.717, 1.165) is 45.3 Å². The summed E-state index contributed by atoms with van der Waals surface area (Å²) in [5.41, 5.74) is 3.80. The van der Waals surface area contributed by atoms with Crippen LogP contribution in [0, 0.1) is 35.0 Å². The quantitative estimate of drug-likeness (QED) is 0.282. The zero-order chi connectivity index (χ0) is 27.9. The van der Waals surface area contributed by atoms with Crippen LogP contribution in [0.25, 0.3) is 0 Å². The van der Waals surface area contributed by atoms with Gasteiger partial charge in [-0.15, -0.1) is 0 Å². The van der Waals surface area contributed by atoms with Gasteiger partial charge < -0.3 is 39.2 Å². The predicted molar refractivity (Wildman–Crippen MR) is 148 cm³/mol. The average molecular weight is 550 g/mol. The van der Waals surface area contributed by atoms with Crippen LogP contribution >= 0.6 is 0 Å². The molecule has 2 saturated heterocycles. The minimum Gasteiger partial charge on any atom is -0.390 e. The van der Waals surface area contributed by atoms with Gasteiger partial charge in [-0.05, 0) is 69.0 Å². The first-order chi connectivity index (χ1) is 18.7. The molecule has 39 heavy (non-hydrogen) atoms. The molecule has 222 valence electrons. The van der Waals surface area contributed by atoms with Gasteiger partial charge in [-0.3, -0.25) is 0 Å². The number of rotatable bonds is 10. The van der Waals surface area contributed by atoms with E-state index in [1.807, 2.05) is 7.05 Å². The van der Waals surface area contributed by atoms with Gasteiger partial charge >= 0.3 is 0 Å². The Morgan fingerprint density at radius 2 is 1.97 bits per heavy atom. The molecule has 0 radical (unpaired) electrons. The second-order valence-corrected chi connectivity index (χ2v) is 13.0. The Morgan fingerprint density at radius 3 is 2.69 bits per heavy atom. The minimum absolute atomic E-state index is 0.0128. The Bertz CT molecular complexity index is 921. The lowest BCUT2D eigenvalue weighted by Crippen LogP contribution is -2.47. The number of aliphatic hydroxyl groups is 2. The standard InChI is InChI=1S/C31H51NO7/c1-17(2)20-10-11-31(4)14-22-19(15-35-6)8-9-21(22)18(3)26(33)28(25(20)31)39-30-27(34)24-23(38-30)16-37-29(24)36-13-7-12-32-5/h14,17-19,21,23-24,26-30,32-34H,7-13,15-16H2,1-6H3/b22-14-/t18-,19-,21+,23-,24?,26-,27?,28-,29-,30-,31-/m1/s1. The van der Waals surface area contributed by atoms with Crippen LogP contribution in [0.2, 0.25) is 0 Å². The predicted octanol–water partition coefficient (Wildman–Crippen LogP) is 3.42. The first-order valence-electron chi connectivity index (χ1n) is 15.2. The van der Waals surface area contributed by atoms with Crippen molar-refractivity contribution in [2.24, 2.45) is 35.0 Å². The molecule has 8 nitrogen and oxygen atoms in total. The molecular formula is C31H51NO7. The molecular weight excluding hydrogens is 498 g/mol. The van der Waals surface area contributed by atoms with E-state index in [9.17, 15) is 10.2 Å². The molecule has 1 saturated carbocycles. The summed E-state index contributed by atoms with van der Waals surface area (Å²) in [4.78, 5) is 0. The lowest BCUT2D eigenvalue weighted by molar-refractivity contribution is -0.224. The van der Waals surface area contributed by atoms with Crippen LogP contribution in [0.15, 0.2) is 22.8 Å². The summed E-state index contributed by atoms with van der Waals surface area (Å²) < 4.78 is 30.4. The number of allylic oxidation sites excluding steroid dienone is 2. The van der Waals surface area contributed by atoms with Gasteiger partial charge in [0.1, 0.15) is 12.2 Å². The van der Waals surface area contributed by atoms with Gasteiger partial charge in [0, 0.05) is 18.4 Å². The summed E-state index contributed by atoms with van der Waals surface area (Å²) >= 11 is 0. The maximum atomic E-state index is 12.0. The molecule has 3 fully saturated rings. The Morgan fingerprint density at radius 1 is 1.18 bits per heavy atom. The summed E-state index contributed by atoms with van der Waals surface area (Å²) in [5.74, 6) is 0.749. The Labute approximate surface area is 234 Å². The number of hydrogen-bond acceptors (Lipinski definition) is 8. The normalized spacial score (nSPS) is 45.2. The van der Waals surface area contributed by atoms with Crippen molar-refractivity contribution in [1.82, 2.24) is 5.32 Å². The summed E-state index contributed by atoms with van der Waals surface area (Å²) in [6, 6.07) is 0. The first-order valence-corrected chi connectivity index (χ1v) is 15.2. The topological polar surface area (TPSA) is 98.6 Å². The SMILES string of the molecule is CNCCCO[C@@H]1OC[C@H]2O[C@H](O[C@@H]3C4=C(C(C)C)CC[C@]4(C)/C=C4/[C@@H](COC)CC[C@H]4[C@@H](C)[C@H]3O)C(O)C12. The minimum atomic E-state index is -0.890. The fourth-order valence-corrected chi connectivity index (χ4v) is 8.07. The molecule has 11 atom stereocenters. The Hall–Kier alpha value is -0.840. The van der Waals surface area contributed by atoms with Crippen molar-refractivity contribution in [3.05, 3.63) is 22.8 Å². The fourth-order valence-electron chi connectivity index (χ4n) is 8.07. The summed E-state index contributed by atoms with van der Waals surface area (Å²) in [6.07, 6.45) is 3.73. The smallest absolute Gasteiger partial charge is 0.185 e. The summed E-state index contributed by atoms with van der Waals surface area (Å²) in [6.45, 7) is 11.4. The Balaban J connectivity index is 1.42. The summed E-state index contributed by atoms with van der Waals surface area (Å²) in [7, 11) is 3.70. The maximum absolute atomic E-state index is 12.0. The molecule has 5 rings (SSSR count). The lowest BCUT2D eigenvalue weighted by atomic mass is 9.68. The third-order valence-corrected chi connectivity index (χ3v) is 10.2. The number of hydrogen-bond donors (Lipinski definition) is 3. The van der Waals surface area contributed by atoms with Crippen molar-refractivity contribution < 1.29 is 33.9 Å². The molecule has 3 aliphatic carbocycles. The number of ether oxygens (including phenoxy) is 5. The number of methoxy groups -OCH3 is 1. The number of aliphatic hydroxyl groups excluding tert-OH is 2. The van der Waals surface area contributed by atoms with Crippen molar-refractivity contribution in [3.8, 4) is 0 Å². The summed E-state index contributed by atoms with van der Waals surface area (Å²) in [5, 5.41) is 26.6. The van der Waals surface area contributed by atoms with Crippen LogP contribution in [0.3, 0.4) is 0 Å². The van der Waals surface area contributed by atoms with Gasteiger partial charge in [0.25, 0.3) is 0 Å². The monoisotopic (exact) mass is 549 g/mol. The van der Waals surface area contributed by atoms with Crippen molar-refractivity contribution >= 4 is 0 Å². The van der Waals surface area contributed by atoms with Crippen LogP contribution in [0.1, 0.15) is 59.8 Å². The molecule has 2 unspecified atom stereocenters. The Kier molecular flexibility index (Phi) is 9.26. The number of nitrogens with one attached hydrogen (secondary N) is 1. The largest absolute Gasteiger partial charge is 0.390 e. The molecule has 3 N–H and O–H groups in total. The van der Waals surface area contributed by atoms with Gasteiger partial charge in [-0.25, -0.2) is 0 Å². The fraction of sp³-hybridized carbons (Fsp3) is 0.871. The lowest BCUT2D eigenvalue weighted by Gasteiger charge is -2.43. The highest BCUT2D eigenvalue weighted by atomic mass is 16.7. The number of fused-ring (bicyclic) bond motifs is 3. The van der Waals surface area contributed by atoms with E-state index in [2.05, 4.69) is 39.1 Å². The van der Waals surface area contributed by atoms with Crippen LogP contribution in [-0.2, 0) is 23.7 Å². The van der Waals surface area contributed by atoms with Gasteiger partial charge in [0.2, 0.25) is 0 Å². The third-order valence-electron chi connectivity index (χ3n) is 10.2. The molecule has 2 heterocycles. The van der Waals surface area contributed by atoms with E-state index >= 15 is 0 Å². The second kappa shape index (κ2) is 12.2. The van der Waals surface area contributed by atoms with Crippen molar-refractivity contribution in [2.75, 3.05) is 40.5 Å². The van der Waals surface area contributed by atoms with E-state index in [0.29, 0.717) is 31.0 Å². The van der Waals surface area contributed by atoms with E-state index < -0.39 is 30.9 Å². The molecule has 0 spiro atoms. The molecule has 2 aliphatic heterocycles. The van der Waals surface area contributed by atoms with Crippen molar-refractivity contribution in [3.63, 3.8) is 0 Å². The van der Waals surface area contributed by atoms with Crippen molar-refractivity contribution in [2.45, 2.75) is 96.8 Å². The molecule has 0 aromatic heterocycles. The molecule has 0 aromatic rings. The average Bonchev–Trinajstić information content (AvgIpc) is 3.64. The molecule has 0 amide bonds. The third kappa shape index (κ3) is 5.53. The molecule has 5 aliphatic rings. The van der Waals surface area contributed by atoms with Gasteiger partial charge in [0.15, 0.2) is 12.6 Å². The van der Waals surface area contributed by atoms with Crippen LogP contribution in [-0.4, -0.2) is 87.7 Å². The maximum Gasteiger partial charge on any atom is 0.185 e. The molecule has 0 bridgehead atoms.